The number of benzene rings is 1. The van der Waals surface area contributed by atoms with Gasteiger partial charge in [-0.05, 0) is 24.3 Å². The van der Waals surface area contributed by atoms with E-state index in [1.54, 1.807) is 0 Å². The largest absolute Gasteiger partial charge is 0.457 e. The zero-order valence-electron chi connectivity index (χ0n) is 7.59. The van der Waals surface area contributed by atoms with Crippen molar-refractivity contribution in [3.05, 3.63) is 29.8 Å². The number of alkyl halides is 5. The molecule has 0 saturated heterocycles. The van der Waals surface area contributed by atoms with Gasteiger partial charge in [0.1, 0.15) is 5.75 Å². The van der Waals surface area contributed by atoms with Crippen molar-refractivity contribution >= 4 is 6.29 Å². The van der Waals surface area contributed by atoms with Crippen molar-refractivity contribution in [2.45, 2.75) is 12.3 Å². The van der Waals surface area contributed by atoms with Crippen LogP contribution in [0.2, 0.25) is 0 Å². The van der Waals surface area contributed by atoms with Crippen molar-refractivity contribution in [3.8, 4) is 5.75 Å². The third kappa shape index (κ3) is 3.18. The third-order valence-electron chi connectivity index (χ3n) is 1.57. The third-order valence-corrected chi connectivity index (χ3v) is 1.57. The van der Waals surface area contributed by atoms with Gasteiger partial charge < -0.3 is 4.74 Å². The summed E-state index contributed by atoms with van der Waals surface area (Å²) in [6.45, 7) is 0. The lowest BCUT2D eigenvalue weighted by molar-refractivity contribution is -0.176. The molecule has 0 saturated carbocycles. The van der Waals surface area contributed by atoms with Crippen molar-refractivity contribution in [1.29, 1.82) is 0 Å². The SMILES string of the molecule is O=CC(F)(F)Oc1ccc(C(F)(F)F)cc1. The van der Waals surface area contributed by atoms with Gasteiger partial charge in [0.05, 0.1) is 5.56 Å². The zero-order valence-corrected chi connectivity index (χ0v) is 7.59. The molecule has 0 aliphatic carbocycles. The summed E-state index contributed by atoms with van der Waals surface area (Å²) in [4.78, 5) is 9.80. The molecule has 0 radical (unpaired) electrons. The second kappa shape index (κ2) is 4.07. The molecular weight excluding hydrogens is 235 g/mol. The van der Waals surface area contributed by atoms with E-state index in [2.05, 4.69) is 4.74 Å². The zero-order chi connectivity index (χ0) is 12.4. The normalized spacial score (nSPS) is 12.3. The van der Waals surface area contributed by atoms with Gasteiger partial charge in [-0.3, -0.25) is 4.79 Å². The van der Waals surface area contributed by atoms with Crippen LogP contribution < -0.4 is 4.74 Å². The first kappa shape index (κ1) is 12.4. The van der Waals surface area contributed by atoms with E-state index in [0.29, 0.717) is 24.3 Å². The number of ether oxygens (including phenoxy) is 1. The van der Waals surface area contributed by atoms with Crippen LogP contribution in [0, 0.1) is 0 Å². The summed E-state index contributed by atoms with van der Waals surface area (Å²) in [6.07, 6.45) is -9.34. The second-order valence-electron chi connectivity index (χ2n) is 2.80. The van der Waals surface area contributed by atoms with E-state index < -0.39 is 29.9 Å². The molecule has 0 fully saturated rings. The molecule has 0 aliphatic heterocycles. The van der Waals surface area contributed by atoms with Gasteiger partial charge in [0.2, 0.25) is 6.29 Å². The summed E-state index contributed by atoms with van der Waals surface area (Å²) in [5.41, 5.74) is -0.991. The van der Waals surface area contributed by atoms with Crippen LogP contribution in [-0.2, 0) is 11.0 Å². The van der Waals surface area contributed by atoms with Crippen molar-refractivity contribution in [2.24, 2.45) is 0 Å². The molecule has 0 atom stereocenters. The summed E-state index contributed by atoms with van der Waals surface area (Å²) >= 11 is 0. The molecule has 0 aliphatic rings. The number of halogens is 5. The summed E-state index contributed by atoms with van der Waals surface area (Å²) in [7, 11) is 0. The van der Waals surface area contributed by atoms with Gasteiger partial charge in [-0.25, -0.2) is 0 Å². The molecule has 0 aromatic heterocycles. The quantitative estimate of drug-likeness (QED) is 0.599. The minimum atomic E-state index is -4.55. The first-order valence-electron chi connectivity index (χ1n) is 3.95. The minimum Gasteiger partial charge on any atom is -0.427 e. The standard InChI is InChI=1S/C9H5F5O2/c10-8(11,5-15)16-7-3-1-6(2-4-7)9(12,13)14/h1-5H. The van der Waals surface area contributed by atoms with Crippen LogP contribution in [0.15, 0.2) is 24.3 Å². The first-order chi connectivity index (χ1) is 7.24. The molecule has 0 spiro atoms. The Hall–Kier alpha value is -1.66. The molecule has 0 N–H and O–H groups in total. The van der Waals surface area contributed by atoms with Gasteiger partial charge in [-0.2, -0.15) is 22.0 Å². The number of aldehydes is 1. The molecule has 0 amide bonds. The average molecular weight is 240 g/mol. The topological polar surface area (TPSA) is 26.3 Å². The highest BCUT2D eigenvalue weighted by Gasteiger charge is 2.32. The van der Waals surface area contributed by atoms with Crippen molar-refractivity contribution < 1.29 is 31.5 Å². The van der Waals surface area contributed by atoms with Gasteiger partial charge in [0.25, 0.3) is 0 Å². The van der Waals surface area contributed by atoms with Crippen LogP contribution >= 0.6 is 0 Å². The Morgan fingerprint density at radius 1 is 1.00 bits per heavy atom. The molecule has 88 valence electrons. The fourth-order valence-corrected chi connectivity index (χ4v) is 0.893. The van der Waals surface area contributed by atoms with Gasteiger partial charge >= 0.3 is 12.3 Å². The van der Waals surface area contributed by atoms with Crippen LogP contribution in [-0.4, -0.2) is 12.4 Å². The molecule has 1 rings (SSSR count). The Balaban J connectivity index is 2.84. The molecule has 0 bridgehead atoms. The lowest BCUT2D eigenvalue weighted by atomic mass is 10.2. The van der Waals surface area contributed by atoms with Crippen molar-refractivity contribution in [3.63, 3.8) is 0 Å². The van der Waals surface area contributed by atoms with E-state index in [9.17, 15) is 26.7 Å². The van der Waals surface area contributed by atoms with Crippen LogP contribution in [0.1, 0.15) is 5.56 Å². The number of carbonyl (C=O) groups is 1. The number of rotatable bonds is 3. The molecule has 0 heterocycles. The fraction of sp³-hybridized carbons (Fsp3) is 0.222. The summed E-state index contributed by atoms with van der Waals surface area (Å²) < 4.78 is 64.8. The summed E-state index contributed by atoms with van der Waals surface area (Å²) in [6, 6.07) is 2.58. The predicted octanol–water partition coefficient (Wildman–Crippen LogP) is 2.88. The number of hydrogen-bond acceptors (Lipinski definition) is 2. The van der Waals surface area contributed by atoms with Gasteiger partial charge in [0, 0.05) is 0 Å². The summed E-state index contributed by atoms with van der Waals surface area (Å²) in [5, 5.41) is 0. The minimum absolute atomic E-state index is 0.523. The lowest BCUT2D eigenvalue weighted by Crippen LogP contribution is -2.26. The molecule has 7 heteroatoms. The number of hydrogen-bond donors (Lipinski definition) is 0. The highest BCUT2D eigenvalue weighted by Crippen LogP contribution is 2.31. The molecule has 2 nitrogen and oxygen atoms in total. The van der Waals surface area contributed by atoms with E-state index >= 15 is 0 Å². The van der Waals surface area contributed by atoms with Gasteiger partial charge in [0.15, 0.2) is 0 Å². The Bertz CT molecular complexity index is 368. The van der Waals surface area contributed by atoms with E-state index in [0.717, 1.165) is 0 Å². The second-order valence-corrected chi connectivity index (χ2v) is 2.80. The Morgan fingerprint density at radius 3 is 1.88 bits per heavy atom. The van der Waals surface area contributed by atoms with Crippen LogP contribution in [0.3, 0.4) is 0 Å². The van der Waals surface area contributed by atoms with E-state index in [1.807, 2.05) is 0 Å². The maximum Gasteiger partial charge on any atom is 0.457 e. The highest BCUT2D eigenvalue weighted by atomic mass is 19.4. The van der Waals surface area contributed by atoms with E-state index in [4.69, 9.17) is 0 Å². The van der Waals surface area contributed by atoms with Crippen LogP contribution in [0.5, 0.6) is 5.75 Å². The smallest absolute Gasteiger partial charge is 0.427 e. The Kier molecular flexibility index (Phi) is 3.16. The maximum atomic E-state index is 12.4. The first-order valence-corrected chi connectivity index (χ1v) is 3.95. The monoisotopic (exact) mass is 240 g/mol. The van der Waals surface area contributed by atoms with Crippen molar-refractivity contribution in [2.75, 3.05) is 0 Å². The van der Waals surface area contributed by atoms with E-state index in [-0.39, 0.29) is 0 Å². The molecule has 1 aromatic rings. The van der Waals surface area contributed by atoms with Gasteiger partial charge in [-0.1, -0.05) is 0 Å². The average Bonchev–Trinajstić information content (AvgIpc) is 2.16. The summed E-state index contributed by atoms with van der Waals surface area (Å²) in [5.74, 6) is -0.523. The Labute approximate surface area is 86.6 Å². The van der Waals surface area contributed by atoms with Crippen LogP contribution in [0.4, 0.5) is 22.0 Å². The molecular formula is C9H5F5O2. The van der Waals surface area contributed by atoms with Crippen molar-refractivity contribution in [1.82, 2.24) is 0 Å². The molecule has 0 unspecified atom stereocenters. The number of carbonyl (C=O) groups excluding carboxylic acids is 1. The fourth-order valence-electron chi connectivity index (χ4n) is 0.893. The highest BCUT2D eigenvalue weighted by molar-refractivity contribution is 5.58. The van der Waals surface area contributed by atoms with E-state index in [1.165, 1.54) is 0 Å². The molecule has 1 aromatic carbocycles. The lowest BCUT2D eigenvalue weighted by Gasteiger charge is -2.12. The maximum absolute atomic E-state index is 12.4. The molecule has 16 heavy (non-hydrogen) atoms. The van der Waals surface area contributed by atoms with Gasteiger partial charge in [-0.15, -0.1) is 0 Å². The predicted molar refractivity (Wildman–Crippen MR) is 43.1 cm³/mol. The Morgan fingerprint density at radius 2 is 1.50 bits per heavy atom. The van der Waals surface area contributed by atoms with Crippen LogP contribution in [0.25, 0.3) is 0 Å².